The number of allylic oxidation sites excluding steroid dienone is 5. The molecule has 1 aliphatic carbocycles. The SMILES string of the molecule is CC1=C[C@H]2C(=O)O[C@H]3C[C@@H](CC(C)=C(C)C[C@@H](C)C=CC=C4CO[C@H]([C@@H]1O)[C@@]42O)O[C@]1(C3)C[C@H](O)[C@H](C)[C@@H](/C(C)=C/C(C)C)O1. The topological polar surface area (TPSA) is 115 Å². The Kier molecular flexibility index (Phi) is 10.1. The quantitative estimate of drug-likeness (QED) is 0.273. The largest absolute Gasteiger partial charge is 0.462 e. The van der Waals surface area contributed by atoms with Crippen LogP contribution in [0.2, 0.25) is 0 Å². The van der Waals surface area contributed by atoms with E-state index in [2.05, 4.69) is 46.8 Å². The first-order chi connectivity index (χ1) is 21.1. The Morgan fingerprint density at radius 2 is 1.76 bits per heavy atom. The number of hydrogen-bond acceptors (Lipinski definition) is 8. The molecule has 3 saturated heterocycles. The van der Waals surface area contributed by atoms with Gasteiger partial charge in [0.2, 0.25) is 0 Å². The molecule has 45 heavy (non-hydrogen) atoms. The zero-order valence-corrected chi connectivity index (χ0v) is 28.3. The number of hydrogen-bond donors (Lipinski definition) is 3. The zero-order chi connectivity index (χ0) is 32.8. The molecule has 0 unspecified atom stereocenters. The number of rotatable bonds is 2. The Labute approximate surface area is 268 Å². The highest BCUT2D eigenvalue weighted by atomic mass is 16.7. The second-order valence-corrected chi connectivity index (χ2v) is 14.9. The molecule has 5 aliphatic rings. The lowest BCUT2D eigenvalue weighted by molar-refractivity contribution is -0.343. The Morgan fingerprint density at radius 3 is 2.47 bits per heavy atom. The Hall–Kier alpha value is -2.07. The van der Waals surface area contributed by atoms with Gasteiger partial charge in [-0.1, -0.05) is 69.2 Å². The molecule has 0 aromatic heterocycles. The molecule has 11 atom stereocenters. The van der Waals surface area contributed by atoms with Crippen molar-refractivity contribution in [3.05, 3.63) is 58.2 Å². The minimum atomic E-state index is -1.74. The molecule has 8 heteroatoms. The maximum Gasteiger partial charge on any atom is 0.316 e. The first kappa shape index (κ1) is 34.3. The molecule has 0 aromatic carbocycles. The van der Waals surface area contributed by atoms with Crippen LogP contribution in [0.4, 0.5) is 0 Å². The third-order valence-corrected chi connectivity index (χ3v) is 10.6. The highest BCUT2D eigenvalue weighted by molar-refractivity contribution is 5.78. The van der Waals surface area contributed by atoms with Crippen LogP contribution in [-0.2, 0) is 23.7 Å². The predicted octanol–water partition coefficient (Wildman–Crippen LogP) is 5.48. The summed E-state index contributed by atoms with van der Waals surface area (Å²) in [7, 11) is 0. The molecular weight excluding hydrogens is 572 g/mol. The van der Waals surface area contributed by atoms with Crippen LogP contribution >= 0.6 is 0 Å². The lowest BCUT2D eigenvalue weighted by atomic mass is 9.71. The van der Waals surface area contributed by atoms with E-state index in [9.17, 15) is 20.1 Å². The number of carbonyl (C=O) groups is 1. The third-order valence-electron chi connectivity index (χ3n) is 10.6. The number of aliphatic hydroxyl groups excluding tert-OH is 2. The van der Waals surface area contributed by atoms with E-state index in [1.165, 1.54) is 11.1 Å². The van der Waals surface area contributed by atoms with E-state index in [0.29, 0.717) is 29.9 Å². The number of fused-ring (bicyclic) bond motifs is 2. The highest BCUT2D eigenvalue weighted by Crippen LogP contribution is 2.48. The number of carbonyl (C=O) groups excluding carboxylic acids is 1. The van der Waals surface area contributed by atoms with Gasteiger partial charge in [0.25, 0.3) is 0 Å². The molecule has 3 N–H and O–H groups in total. The van der Waals surface area contributed by atoms with Crippen molar-refractivity contribution in [2.24, 2.45) is 23.7 Å². The fourth-order valence-electron chi connectivity index (χ4n) is 8.08. The van der Waals surface area contributed by atoms with Crippen molar-refractivity contribution in [1.29, 1.82) is 0 Å². The molecule has 1 spiro atoms. The van der Waals surface area contributed by atoms with Gasteiger partial charge in [-0.15, -0.1) is 0 Å². The summed E-state index contributed by atoms with van der Waals surface area (Å²) in [5, 5.41) is 34.5. The van der Waals surface area contributed by atoms with Gasteiger partial charge in [-0.3, -0.25) is 4.79 Å². The second kappa shape index (κ2) is 13.2. The summed E-state index contributed by atoms with van der Waals surface area (Å²) in [6.45, 7) is 16.6. The number of ether oxygens (including phenoxy) is 4. The van der Waals surface area contributed by atoms with Crippen LogP contribution in [0.3, 0.4) is 0 Å². The number of aliphatic hydroxyl groups is 3. The third kappa shape index (κ3) is 6.83. The standard InChI is InChI=1S/C37H54O8/c1-20(2)12-25(7)33-26(8)31(38)18-36(45-33)17-29-16-28(44-36)14-23(5)22(4)13-21(3)10-9-11-27-19-42-34-32(39)24(6)15-30(35(40)43-29)37(27,34)41/h9-12,15,20-21,26,28-34,38-39,41H,13-14,16-19H2,1-8H3/b10-9?,23-22?,25-12+,27-11?/t21-,26-,28+,29-,30-,31-,32+,33+,34+,36-,37+/m0/s1. The highest BCUT2D eigenvalue weighted by Gasteiger charge is 2.60. The summed E-state index contributed by atoms with van der Waals surface area (Å²) in [5.74, 6) is -2.33. The fraction of sp³-hybridized carbons (Fsp3) is 0.703. The van der Waals surface area contributed by atoms with Gasteiger partial charge in [0.1, 0.15) is 29.8 Å². The van der Waals surface area contributed by atoms with Crippen LogP contribution in [0.5, 0.6) is 0 Å². The fourth-order valence-corrected chi connectivity index (χ4v) is 8.08. The van der Waals surface area contributed by atoms with E-state index in [1.54, 1.807) is 13.0 Å². The number of esters is 1. The van der Waals surface area contributed by atoms with Crippen molar-refractivity contribution >= 4 is 5.97 Å². The molecule has 3 fully saturated rings. The van der Waals surface area contributed by atoms with Crippen molar-refractivity contribution in [1.82, 2.24) is 0 Å². The molecule has 8 nitrogen and oxygen atoms in total. The molecule has 0 saturated carbocycles. The Morgan fingerprint density at radius 1 is 1.04 bits per heavy atom. The average molecular weight is 627 g/mol. The van der Waals surface area contributed by atoms with Crippen LogP contribution in [0, 0.1) is 23.7 Å². The summed E-state index contributed by atoms with van der Waals surface area (Å²) in [5.41, 5.74) is 2.91. The molecule has 4 heterocycles. The molecule has 5 rings (SSSR count). The van der Waals surface area contributed by atoms with Crippen LogP contribution in [0.25, 0.3) is 0 Å². The molecule has 2 bridgehead atoms. The van der Waals surface area contributed by atoms with E-state index >= 15 is 0 Å². The predicted molar refractivity (Wildman–Crippen MR) is 172 cm³/mol. The van der Waals surface area contributed by atoms with E-state index in [1.807, 2.05) is 26.0 Å². The minimum absolute atomic E-state index is 0.108. The maximum absolute atomic E-state index is 14.1. The lowest BCUT2D eigenvalue weighted by Crippen LogP contribution is -2.59. The van der Waals surface area contributed by atoms with Crippen LogP contribution in [-0.4, -0.2) is 75.9 Å². The normalized spacial score (nSPS) is 43.2. The second-order valence-electron chi connectivity index (χ2n) is 14.9. The molecule has 250 valence electrons. The van der Waals surface area contributed by atoms with Gasteiger partial charge in [0.15, 0.2) is 5.79 Å². The summed E-state index contributed by atoms with van der Waals surface area (Å²) in [6.07, 6.45) is 8.26. The first-order valence-corrected chi connectivity index (χ1v) is 16.8. The van der Waals surface area contributed by atoms with Crippen LogP contribution < -0.4 is 0 Å². The van der Waals surface area contributed by atoms with Gasteiger partial charge in [-0.2, -0.15) is 0 Å². The van der Waals surface area contributed by atoms with Crippen molar-refractivity contribution in [2.45, 2.75) is 136 Å². The summed E-state index contributed by atoms with van der Waals surface area (Å²) in [4.78, 5) is 14.1. The summed E-state index contributed by atoms with van der Waals surface area (Å²) in [6, 6.07) is 0. The maximum atomic E-state index is 14.1. The Bertz CT molecular complexity index is 1290. The van der Waals surface area contributed by atoms with Crippen molar-refractivity contribution < 1.29 is 39.1 Å². The van der Waals surface area contributed by atoms with E-state index < -0.39 is 47.7 Å². The smallest absolute Gasteiger partial charge is 0.316 e. The Balaban J connectivity index is 1.55. The first-order valence-electron chi connectivity index (χ1n) is 16.8. The van der Waals surface area contributed by atoms with E-state index in [0.717, 1.165) is 12.0 Å². The molecule has 0 radical (unpaired) electrons. The monoisotopic (exact) mass is 626 g/mol. The van der Waals surface area contributed by atoms with Crippen molar-refractivity contribution in [3.63, 3.8) is 0 Å². The molecule has 0 amide bonds. The van der Waals surface area contributed by atoms with Crippen LogP contribution in [0.1, 0.15) is 87.5 Å². The van der Waals surface area contributed by atoms with Crippen molar-refractivity contribution in [3.8, 4) is 0 Å². The van der Waals surface area contributed by atoms with Gasteiger partial charge < -0.3 is 34.3 Å². The van der Waals surface area contributed by atoms with E-state index in [4.69, 9.17) is 18.9 Å². The van der Waals surface area contributed by atoms with Gasteiger partial charge in [0, 0.05) is 25.2 Å². The molecule has 4 aliphatic heterocycles. The van der Waals surface area contributed by atoms with Gasteiger partial charge in [-0.25, -0.2) is 0 Å². The van der Waals surface area contributed by atoms with Crippen LogP contribution in [0.15, 0.2) is 58.2 Å². The summed E-state index contributed by atoms with van der Waals surface area (Å²) >= 11 is 0. The lowest BCUT2D eigenvalue weighted by Gasteiger charge is -2.51. The molecular formula is C37H54O8. The van der Waals surface area contributed by atoms with Gasteiger partial charge in [0.05, 0.1) is 24.9 Å². The molecule has 0 aromatic rings. The van der Waals surface area contributed by atoms with Gasteiger partial charge >= 0.3 is 5.97 Å². The average Bonchev–Trinajstić information content (AvgIpc) is 3.28. The minimum Gasteiger partial charge on any atom is -0.462 e. The summed E-state index contributed by atoms with van der Waals surface area (Å²) < 4.78 is 25.9. The van der Waals surface area contributed by atoms with E-state index in [-0.39, 0.29) is 43.5 Å². The van der Waals surface area contributed by atoms with Crippen molar-refractivity contribution in [2.75, 3.05) is 6.61 Å². The zero-order valence-electron chi connectivity index (χ0n) is 28.3. The van der Waals surface area contributed by atoms with Gasteiger partial charge in [-0.05, 0) is 69.1 Å².